The quantitative estimate of drug-likeness (QED) is 0.471. The molecule has 1 aliphatic heterocycles. The second kappa shape index (κ2) is 10.6. The average Bonchev–Trinajstić information content (AvgIpc) is 3.34. The Balaban J connectivity index is 1.78. The Hall–Kier alpha value is -3.51. The molecule has 4 rings (SSSR count). The number of likely N-dealkylation sites (tertiary alicyclic amines) is 1. The number of carbonyl (C=O) groups is 1. The van der Waals surface area contributed by atoms with Crippen LogP contribution in [-0.4, -0.2) is 42.8 Å². The maximum absolute atomic E-state index is 12.1. The van der Waals surface area contributed by atoms with Gasteiger partial charge in [-0.05, 0) is 54.2 Å². The first-order valence-electron chi connectivity index (χ1n) is 11.5. The number of carboxylic acid groups (broad SMARTS) is 1. The van der Waals surface area contributed by atoms with Gasteiger partial charge in [0.2, 0.25) is 5.75 Å². The third-order valence-electron chi connectivity index (χ3n) is 6.42. The van der Waals surface area contributed by atoms with Gasteiger partial charge in [-0.2, -0.15) is 0 Å². The number of methoxy groups -OCH3 is 2. The van der Waals surface area contributed by atoms with Crippen LogP contribution < -0.4 is 14.2 Å². The molecule has 3 aromatic rings. The Labute approximate surface area is 200 Å². The molecule has 3 aromatic carbocycles. The highest BCUT2D eigenvalue weighted by Gasteiger charge is 2.38. The summed E-state index contributed by atoms with van der Waals surface area (Å²) in [6.45, 7) is 3.13. The molecule has 0 amide bonds. The van der Waals surface area contributed by atoms with Crippen molar-refractivity contribution in [2.24, 2.45) is 0 Å². The maximum atomic E-state index is 12.1. The lowest BCUT2D eigenvalue weighted by atomic mass is 9.92. The van der Waals surface area contributed by atoms with E-state index in [1.165, 1.54) is 0 Å². The molecule has 0 aromatic heterocycles. The van der Waals surface area contributed by atoms with Gasteiger partial charge < -0.3 is 19.3 Å². The molecule has 1 aliphatic rings. The third kappa shape index (κ3) is 4.87. The molecule has 2 atom stereocenters. The molecule has 6 nitrogen and oxygen atoms in total. The summed E-state index contributed by atoms with van der Waals surface area (Å²) in [6, 6.07) is 21.1. The molecule has 1 heterocycles. The molecule has 0 spiro atoms. The Kier molecular flexibility index (Phi) is 7.38. The number of hydrogen-bond donors (Lipinski definition) is 1. The SMILES string of the molecule is COc1cc(C(c2ccccc2C)N2CCCC2C(=O)O)cc(OC)c1OCc1ccccc1. The van der Waals surface area contributed by atoms with Gasteiger partial charge in [-0.1, -0.05) is 54.6 Å². The van der Waals surface area contributed by atoms with Gasteiger partial charge in [-0.25, -0.2) is 0 Å². The number of benzene rings is 3. The number of nitrogens with zero attached hydrogens (tertiary/aromatic N) is 1. The van der Waals surface area contributed by atoms with Crippen molar-refractivity contribution in [3.8, 4) is 17.2 Å². The first-order chi connectivity index (χ1) is 16.5. The Morgan fingerprint density at radius 1 is 1.03 bits per heavy atom. The lowest BCUT2D eigenvalue weighted by Crippen LogP contribution is -2.39. The lowest BCUT2D eigenvalue weighted by Gasteiger charge is -2.33. The van der Waals surface area contributed by atoms with E-state index < -0.39 is 12.0 Å². The van der Waals surface area contributed by atoms with Crippen LogP contribution in [0.1, 0.15) is 41.1 Å². The summed E-state index contributed by atoms with van der Waals surface area (Å²) in [4.78, 5) is 14.1. The van der Waals surface area contributed by atoms with Gasteiger partial charge >= 0.3 is 5.97 Å². The van der Waals surface area contributed by atoms with Crippen molar-refractivity contribution in [1.29, 1.82) is 0 Å². The Morgan fingerprint density at radius 3 is 2.29 bits per heavy atom. The van der Waals surface area contributed by atoms with E-state index in [9.17, 15) is 9.90 Å². The van der Waals surface area contributed by atoms with E-state index in [4.69, 9.17) is 14.2 Å². The summed E-state index contributed by atoms with van der Waals surface area (Å²) in [5.74, 6) is 0.833. The Bertz CT molecular complexity index is 1110. The van der Waals surface area contributed by atoms with Gasteiger partial charge in [-0.3, -0.25) is 9.69 Å². The molecule has 1 N–H and O–H groups in total. The summed E-state index contributed by atoms with van der Waals surface area (Å²) in [5, 5.41) is 9.91. The zero-order chi connectivity index (χ0) is 24.1. The van der Waals surface area contributed by atoms with Crippen LogP contribution in [0.15, 0.2) is 66.7 Å². The molecule has 0 radical (unpaired) electrons. The van der Waals surface area contributed by atoms with E-state index in [2.05, 4.69) is 24.0 Å². The molecule has 0 bridgehead atoms. The zero-order valence-corrected chi connectivity index (χ0v) is 19.9. The van der Waals surface area contributed by atoms with E-state index in [1.807, 2.05) is 54.6 Å². The number of carboxylic acids is 1. The lowest BCUT2D eigenvalue weighted by molar-refractivity contribution is -0.142. The third-order valence-corrected chi connectivity index (χ3v) is 6.42. The molecule has 34 heavy (non-hydrogen) atoms. The van der Waals surface area contributed by atoms with Crippen LogP contribution in [0.4, 0.5) is 0 Å². The molecule has 178 valence electrons. The molecule has 1 saturated heterocycles. The number of ether oxygens (including phenoxy) is 3. The van der Waals surface area contributed by atoms with Crippen molar-refractivity contribution in [1.82, 2.24) is 4.90 Å². The van der Waals surface area contributed by atoms with Crippen LogP contribution >= 0.6 is 0 Å². The molecule has 0 aliphatic carbocycles. The zero-order valence-electron chi connectivity index (χ0n) is 19.9. The highest BCUT2D eigenvalue weighted by atomic mass is 16.5. The van der Waals surface area contributed by atoms with E-state index in [0.717, 1.165) is 28.7 Å². The van der Waals surface area contributed by atoms with Crippen molar-refractivity contribution in [2.45, 2.75) is 38.5 Å². The van der Waals surface area contributed by atoms with E-state index in [0.29, 0.717) is 36.8 Å². The normalized spacial score (nSPS) is 16.7. The fourth-order valence-electron chi connectivity index (χ4n) is 4.74. The highest BCUT2D eigenvalue weighted by Crippen LogP contribution is 2.44. The molecular weight excluding hydrogens is 430 g/mol. The minimum absolute atomic E-state index is 0.254. The van der Waals surface area contributed by atoms with E-state index in [-0.39, 0.29) is 6.04 Å². The second-order valence-corrected chi connectivity index (χ2v) is 8.52. The number of aliphatic carboxylic acids is 1. The van der Waals surface area contributed by atoms with Crippen LogP contribution in [-0.2, 0) is 11.4 Å². The first-order valence-corrected chi connectivity index (χ1v) is 11.5. The Morgan fingerprint density at radius 2 is 1.68 bits per heavy atom. The predicted octanol–water partition coefficient (Wildman–Crippen LogP) is 5.23. The number of rotatable bonds is 9. The van der Waals surface area contributed by atoms with Gasteiger partial charge in [0, 0.05) is 6.54 Å². The largest absolute Gasteiger partial charge is 0.493 e. The van der Waals surface area contributed by atoms with Gasteiger partial charge in [0.05, 0.1) is 20.3 Å². The van der Waals surface area contributed by atoms with Crippen molar-refractivity contribution >= 4 is 5.97 Å². The molecular formula is C28H31NO5. The van der Waals surface area contributed by atoms with Crippen LogP contribution in [0.25, 0.3) is 0 Å². The predicted molar refractivity (Wildman–Crippen MR) is 131 cm³/mol. The van der Waals surface area contributed by atoms with E-state index >= 15 is 0 Å². The summed E-state index contributed by atoms with van der Waals surface area (Å²) in [7, 11) is 3.21. The van der Waals surface area contributed by atoms with Crippen LogP contribution in [0.3, 0.4) is 0 Å². The van der Waals surface area contributed by atoms with Crippen molar-refractivity contribution in [3.05, 3.63) is 89.0 Å². The van der Waals surface area contributed by atoms with Crippen molar-refractivity contribution in [3.63, 3.8) is 0 Å². The van der Waals surface area contributed by atoms with Crippen LogP contribution in [0.2, 0.25) is 0 Å². The minimum Gasteiger partial charge on any atom is -0.493 e. The molecule has 1 fully saturated rings. The molecule has 2 unspecified atom stereocenters. The van der Waals surface area contributed by atoms with Gasteiger partial charge in [0.15, 0.2) is 11.5 Å². The van der Waals surface area contributed by atoms with E-state index in [1.54, 1.807) is 14.2 Å². The fraction of sp³-hybridized carbons (Fsp3) is 0.321. The standard InChI is InChI=1S/C28H31NO5/c1-19-10-7-8-13-22(19)26(29-15-9-14-23(29)28(30)31)21-16-24(32-2)27(25(17-21)33-3)34-18-20-11-5-4-6-12-20/h4-8,10-13,16-17,23,26H,9,14-15,18H2,1-3H3,(H,30,31). The smallest absolute Gasteiger partial charge is 0.320 e. The number of aryl methyl sites for hydroxylation is 1. The van der Waals surface area contributed by atoms with Crippen LogP contribution in [0.5, 0.6) is 17.2 Å². The fourth-order valence-corrected chi connectivity index (χ4v) is 4.74. The van der Waals surface area contributed by atoms with Crippen LogP contribution in [0, 0.1) is 6.92 Å². The molecule has 6 heteroatoms. The second-order valence-electron chi connectivity index (χ2n) is 8.52. The first kappa shape index (κ1) is 23.6. The minimum atomic E-state index is -0.794. The van der Waals surface area contributed by atoms with Gasteiger partial charge in [-0.15, -0.1) is 0 Å². The number of hydrogen-bond acceptors (Lipinski definition) is 5. The molecule has 0 saturated carbocycles. The maximum Gasteiger partial charge on any atom is 0.320 e. The van der Waals surface area contributed by atoms with Crippen molar-refractivity contribution in [2.75, 3.05) is 20.8 Å². The topological polar surface area (TPSA) is 68.2 Å². The highest BCUT2D eigenvalue weighted by molar-refractivity contribution is 5.74. The summed E-state index contributed by atoms with van der Waals surface area (Å²) in [5.41, 5.74) is 4.11. The van der Waals surface area contributed by atoms with Gasteiger partial charge in [0.25, 0.3) is 0 Å². The van der Waals surface area contributed by atoms with Crippen molar-refractivity contribution < 1.29 is 24.1 Å². The average molecular weight is 462 g/mol. The summed E-state index contributed by atoms with van der Waals surface area (Å²) in [6.07, 6.45) is 1.47. The van der Waals surface area contributed by atoms with Gasteiger partial charge in [0.1, 0.15) is 12.6 Å². The summed E-state index contributed by atoms with van der Waals surface area (Å²) >= 11 is 0. The monoisotopic (exact) mass is 461 g/mol. The summed E-state index contributed by atoms with van der Waals surface area (Å²) < 4.78 is 17.6.